The molecule has 0 saturated carbocycles. The van der Waals surface area contributed by atoms with E-state index in [-0.39, 0.29) is 6.61 Å². The highest BCUT2D eigenvalue weighted by atomic mass is 32.2. The van der Waals surface area contributed by atoms with Crippen LogP contribution in [0.2, 0.25) is 0 Å². The van der Waals surface area contributed by atoms with Gasteiger partial charge in [-0.15, -0.1) is 11.8 Å². The van der Waals surface area contributed by atoms with Gasteiger partial charge in [-0.3, -0.25) is 9.98 Å². The first kappa shape index (κ1) is 19.6. The molecule has 0 fully saturated rings. The van der Waals surface area contributed by atoms with E-state index in [0.717, 1.165) is 29.0 Å². The van der Waals surface area contributed by atoms with Gasteiger partial charge in [-0.25, -0.2) is 8.42 Å². The largest absolute Gasteiger partial charge is 0.492 e. The lowest BCUT2D eigenvalue weighted by Gasteiger charge is -2.16. The summed E-state index contributed by atoms with van der Waals surface area (Å²) in [5.41, 5.74) is 5.49. The van der Waals surface area contributed by atoms with E-state index < -0.39 is 15.1 Å². The molecule has 0 radical (unpaired) electrons. The van der Waals surface area contributed by atoms with Crippen molar-refractivity contribution in [3.63, 3.8) is 0 Å². The predicted octanol–water partition coefficient (Wildman–Crippen LogP) is 3.92. The number of aryl methyl sites for hydroxylation is 1. The summed E-state index contributed by atoms with van der Waals surface area (Å²) in [6, 6.07) is 11.2. The standard InChI is InChI=1S/C20H22N2O3S2/c1-3-15-6-9-19(21-11-15)20(27(2,23)24)12-25-18-7-4-16(5-8-18)10-17-13-26-14-22-17/h4-11,14,20H,3,12-13H2,1-2H3/t20-/m1/s1. The first-order valence-corrected chi connectivity index (χ1v) is 11.7. The zero-order valence-electron chi connectivity index (χ0n) is 15.3. The third kappa shape index (κ3) is 5.43. The van der Waals surface area contributed by atoms with Crippen LogP contribution in [0.3, 0.4) is 0 Å². The van der Waals surface area contributed by atoms with Crippen LogP contribution >= 0.6 is 11.8 Å². The fraction of sp³-hybridized carbons (Fsp3) is 0.300. The molecule has 7 heteroatoms. The number of aromatic nitrogens is 1. The number of benzene rings is 1. The number of rotatable bonds is 7. The number of ether oxygens (including phenoxy) is 1. The monoisotopic (exact) mass is 402 g/mol. The van der Waals surface area contributed by atoms with E-state index >= 15 is 0 Å². The molecule has 27 heavy (non-hydrogen) atoms. The molecule has 1 aromatic carbocycles. The quantitative estimate of drug-likeness (QED) is 0.702. The molecule has 0 aliphatic carbocycles. The van der Waals surface area contributed by atoms with Crippen LogP contribution in [0.15, 0.2) is 53.3 Å². The summed E-state index contributed by atoms with van der Waals surface area (Å²) in [6.07, 6.45) is 5.82. The number of pyridine rings is 1. The Hall–Kier alpha value is -2.12. The number of aliphatic imine (C=N–C) groups is 1. The summed E-state index contributed by atoms with van der Waals surface area (Å²) in [7, 11) is -3.35. The van der Waals surface area contributed by atoms with Crippen molar-refractivity contribution < 1.29 is 13.2 Å². The minimum absolute atomic E-state index is 0.0265. The van der Waals surface area contributed by atoms with Crippen molar-refractivity contribution >= 4 is 33.2 Å². The highest BCUT2D eigenvalue weighted by Crippen LogP contribution is 2.24. The smallest absolute Gasteiger partial charge is 0.159 e. The number of nitrogens with zero attached hydrogens (tertiary/aromatic N) is 2. The molecule has 0 spiro atoms. The summed E-state index contributed by atoms with van der Waals surface area (Å²) in [4.78, 5) is 8.60. The summed E-state index contributed by atoms with van der Waals surface area (Å²) < 4.78 is 30.2. The van der Waals surface area contributed by atoms with Crippen molar-refractivity contribution in [2.24, 2.45) is 4.99 Å². The van der Waals surface area contributed by atoms with Crippen LogP contribution < -0.4 is 4.74 Å². The van der Waals surface area contributed by atoms with E-state index in [2.05, 4.69) is 9.98 Å². The molecule has 142 valence electrons. The van der Waals surface area contributed by atoms with Crippen LogP contribution in [0.25, 0.3) is 6.08 Å². The van der Waals surface area contributed by atoms with Crippen molar-refractivity contribution in [3.05, 3.63) is 65.1 Å². The second kappa shape index (κ2) is 8.71. The lowest BCUT2D eigenvalue weighted by atomic mass is 10.2. The van der Waals surface area contributed by atoms with E-state index in [1.807, 2.05) is 48.9 Å². The summed E-state index contributed by atoms with van der Waals surface area (Å²) >= 11 is 1.67. The topological polar surface area (TPSA) is 68.6 Å². The number of hydrogen-bond acceptors (Lipinski definition) is 6. The lowest BCUT2D eigenvalue weighted by Crippen LogP contribution is -2.20. The molecular formula is C20H22N2O3S2. The molecule has 1 aliphatic heterocycles. The van der Waals surface area contributed by atoms with Gasteiger partial charge >= 0.3 is 0 Å². The van der Waals surface area contributed by atoms with Crippen molar-refractivity contribution in [2.75, 3.05) is 18.6 Å². The second-order valence-electron chi connectivity index (χ2n) is 6.32. The first-order chi connectivity index (χ1) is 13.0. The predicted molar refractivity (Wildman–Crippen MR) is 112 cm³/mol. The Bertz CT molecular complexity index is 934. The molecule has 0 unspecified atom stereocenters. The Morgan fingerprint density at radius 3 is 2.56 bits per heavy atom. The van der Waals surface area contributed by atoms with Crippen LogP contribution in [-0.2, 0) is 16.3 Å². The average molecular weight is 403 g/mol. The van der Waals surface area contributed by atoms with Crippen LogP contribution in [0.5, 0.6) is 5.75 Å². The molecule has 0 bridgehead atoms. The van der Waals surface area contributed by atoms with Crippen molar-refractivity contribution in [1.29, 1.82) is 0 Å². The molecule has 2 aromatic rings. The summed E-state index contributed by atoms with van der Waals surface area (Å²) in [6.45, 7) is 2.06. The van der Waals surface area contributed by atoms with Crippen molar-refractivity contribution in [1.82, 2.24) is 4.98 Å². The van der Waals surface area contributed by atoms with Crippen LogP contribution in [0.1, 0.15) is 29.0 Å². The maximum Gasteiger partial charge on any atom is 0.159 e. The van der Waals surface area contributed by atoms with E-state index in [1.54, 1.807) is 24.0 Å². The molecule has 1 aliphatic rings. The number of hydrogen-bond donors (Lipinski definition) is 0. The normalized spacial score (nSPS) is 16.6. The minimum atomic E-state index is -3.35. The Morgan fingerprint density at radius 1 is 1.22 bits per heavy atom. The molecule has 0 N–H and O–H groups in total. The second-order valence-corrected chi connectivity index (χ2v) is 9.39. The summed E-state index contributed by atoms with van der Waals surface area (Å²) in [5, 5.41) is -0.796. The van der Waals surface area contributed by atoms with E-state index in [1.165, 1.54) is 6.26 Å². The van der Waals surface area contributed by atoms with Crippen LogP contribution in [-0.4, -0.2) is 37.6 Å². The molecule has 5 nitrogen and oxygen atoms in total. The van der Waals surface area contributed by atoms with Crippen LogP contribution in [0, 0.1) is 0 Å². The van der Waals surface area contributed by atoms with Gasteiger partial charge in [0.25, 0.3) is 0 Å². The third-order valence-electron chi connectivity index (χ3n) is 4.24. The molecule has 2 heterocycles. The van der Waals surface area contributed by atoms with Gasteiger partial charge in [0.1, 0.15) is 17.6 Å². The maximum absolute atomic E-state index is 12.2. The maximum atomic E-state index is 12.2. The van der Waals surface area contributed by atoms with Gasteiger partial charge in [-0.1, -0.05) is 25.1 Å². The van der Waals surface area contributed by atoms with Crippen molar-refractivity contribution in [2.45, 2.75) is 18.6 Å². The molecule has 3 rings (SSSR count). The molecule has 0 saturated heterocycles. The van der Waals surface area contributed by atoms with Crippen LogP contribution in [0.4, 0.5) is 0 Å². The highest BCUT2D eigenvalue weighted by molar-refractivity contribution is 8.12. The molecular weight excluding hydrogens is 380 g/mol. The van der Waals surface area contributed by atoms with E-state index in [4.69, 9.17) is 4.74 Å². The SMILES string of the molecule is CCc1ccc([C@@H](COc2ccc(C=C3CSC=N3)cc2)S(C)(=O)=O)nc1. The van der Waals surface area contributed by atoms with E-state index in [9.17, 15) is 8.42 Å². The Kier molecular flexibility index (Phi) is 6.34. The van der Waals surface area contributed by atoms with Gasteiger partial charge in [0.2, 0.25) is 0 Å². The summed E-state index contributed by atoms with van der Waals surface area (Å²) in [5.74, 6) is 1.51. The Morgan fingerprint density at radius 2 is 2.00 bits per heavy atom. The van der Waals surface area contributed by atoms with Crippen molar-refractivity contribution in [3.8, 4) is 5.75 Å². The highest BCUT2D eigenvalue weighted by Gasteiger charge is 2.25. The molecule has 0 amide bonds. The first-order valence-electron chi connectivity index (χ1n) is 8.67. The zero-order valence-corrected chi connectivity index (χ0v) is 17.0. The molecule has 1 atom stereocenters. The van der Waals surface area contributed by atoms with E-state index in [0.29, 0.717) is 11.4 Å². The lowest BCUT2D eigenvalue weighted by molar-refractivity contribution is 0.312. The van der Waals surface area contributed by atoms with Gasteiger partial charge in [-0.2, -0.15) is 0 Å². The number of thioether (sulfide) groups is 1. The zero-order chi connectivity index (χ0) is 19.3. The van der Waals surface area contributed by atoms with Gasteiger partial charge in [0, 0.05) is 18.2 Å². The Balaban J connectivity index is 1.69. The van der Waals surface area contributed by atoms with Gasteiger partial charge < -0.3 is 4.74 Å². The molecule has 1 aromatic heterocycles. The third-order valence-corrected chi connectivity index (χ3v) is 6.37. The minimum Gasteiger partial charge on any atom is -0.492 e. The fourth-order valence-electron chi connectivity index (χ4n) is 2.63. The average Bonchev–Trinajstić information content (AvgIpc) is 3.16. The van der Waals surface area contributed by atoms with Gasteiger partial charge in [-0.05, 0) is 41.8 Å². The Labute approximate surface area is 164 Å². The fourth-order valence-corrected chi connectivity index (χ4v) is 4.14. The van der Waals surface area contributed by atoms with Gasteiger partial charge in [0.05, 0.1) is 16.9 Å². The number of sulfone groups is 1. The van der Waals surface area contributed by atoms with Gasteiger partial charge in [0.15, 0.2) is 9.84 Å².